The molecule has 6 nitrogen and oxygen atoms in total. The largest absolute Gasteiger partial charge is 0.490 e. The monoisotopic (exact) mass is 382 g/mol. The van der Waals surface area contributed by atoms with E-state index < -0.39 is 0 Å². The summed E-state index contributed by atoms with van der Waals surface area (Å²) in [5.41, 5.74) is 3.78. The quantitative estimate of drug-likeness (QED) is 0.507. The van der Waals surface area contributed by atoms with Gasteiger partial charge in [-0.05, 0) is 48.9 Å². The molecule has 0 radical (unpaired) electrons. The number of aryl methyl sites for hydroxylation is 2. The fourth-order valence-electron chi connectivity index (χ4n) is 3.66. The van der Waals surface area contributed by atoms with Gasteiger partial charge in [-0.2, -0.15) is 9.50 Å². The van der Waals surface area contributed by atoms with Gasteiger partial charge < -0.3 is 9.47 Å². The molecule has 0 saturated heterocycles. The first-order chi connectivity index (χ1) is 13.4. The van der Waals surface area contributed by atoms with Gasteiger partial charge in [0, 0.05) is 18.4 Å². The van der Waals surface area contributed by atoms with Crippen molar-refractivity contribution in [2.45, 2.75) is 49.4 Å². The highest BCUT2D eigenvalue weighted by atomic mass is 32.2. The highest BCUT2D eigenvalue weighted by Crippen LogP contribution is 2.32. The molecule has 0 spiro atoms. The van der Waals surface area contributed by atoms with E-state index in [-0.39, 0.29) is 0 Å². The predicted octanol–water partition coefficient (Wildman–Crippen LogP) is 3.85. The van der Waals surface area contributed by atoms with E-state index in [1.165, 1.54) is 36.1 Å². The number of ether oxygens (including phenoxy) is 2. The van der Waals surface area contributed by atoms with Crippen molar-refractivity contribution in [3.63, 3.8) is 0 Å². The van der Waals surface area contributed by atoms with Crippen LogP contribution < -0.4 is 9.47 Å². The molecule has 140 valence electrons. The summed E-state index contributed by atoms with van der Waals surface area (Å²) in [6.45, 7) is 1.41. The van der Waals surface area contributed by atoms with Crippen LogP contribution in [0.1, 0.15) is 42.5 Å². The number of fused-ring (bicyclic) bond motifs is 4. The second-order valence-electron chi connectivity index (χ2n) is 7.02. The summed E-state index contributed by atoms with van der Waals surface area (Å²) in [5, 5.41) is 5.51. The molecule has 27 heavy (non-hydrogen) atoms. The SMILES string of the molecule is c1cc2c(cc1CSc1nc3ncc4c(n3n1)CCCCC4)OCCCO2. The van der Waals surface area contributed by atoms with E-state index in [9.17, 15) is 0 Å². The molecule has 0 N–H and O–H groups in total. The molecule has 1 aliphatic heterocycles. The van der Waals surface area contributed by atoms with E-state index in [2.05, 4.69) is 22.1 Å². The Morgan fingerprint density at radius 3 is 2.85 bits per heavy atom. The molecule has 0 bridgehead atoms. The number of nitrogens with zero attached hydrogens (tertiary/aromatic N) is 4. The molecule has 1 aromatic carbocycles. The molecular weight excluding hydrogens is 360 g/mol. The van der Waals surface area contributed by atoms with Gasteiger partial charge in [0.2, 0.25) is 5.16 Å². The van der Waals surface area contributed by atoms with Crippen LogP contribution in [0, 0.1) is 0 Å². The maximum Gasteiger partial charge on any atom is 0.253 e. The molecular formula is C20H22N4O2S. The van der Waals surface area contributed by atoms with Crippen molar-refractivity contribution in [1.82, 2.24) is 19.6 Å². The Bertz CT molecular complexity index is 972. The van der Waals surface area contributed by atoms with Crippen molar-refractivity contribution >= 4 is 17.5 Å². The molecule has 0 amide bonds. The Hall–Kier alpha value is -2.28. The number of benzene rings is 1. The minimum absolute atomic E-state index is 0.703. The smallest absolute Gasteiger partial charge is 0.253 e. The van der Waals surface area contributed by atoms with Crippen molar-refractivity contribution in [3.8, 4) is 11.5 Å². The zero-order valence-corrected chi connectivity index (χ0v) is 16.0. The predicted molar refractivity (Wildman–Crippen MR) is 104 cm³/mol. The average molecular weight is 382 g/mol. The molecule has 3 aromatic rings. The number of hydrogen-bond donors (Lipinski definition) is 0. The summed E-state index contributed by atoms with van der Waals surface area (Å²) < 4.78 is 13.4. The van der Waals surface area contributed by atoms with Gasteiger partial charge >= 0.3 is 0 Å². The number of rotatable bonds is 3. The van der Waals surface area contributed by atoms with Gasteiger partial charge in [-0.25, -0.2) is 4.98 Å². The Morgan fingerprint density at radius 2 is 1.89 bits per heavy atom. The third kappa shape index (κ3) is 3.48. The number of hydrogen-bond acceptors (Lipinski definition) is 6. The van der Waals surface area contributed by atoms with E-state index in [1.807, 2.05) is 16.8 Å². The van der Waals surface area contributed by atoms with E-state index >= 15 is 0 Å². The minimum Gasteiger partial charge on any atom is -0.490 e. The van der Waals surface area contributed by atoms with Gasteiger partial charge in [-0.1, -0.05) is 24.2 Å². The third-order valence-electron chi connectivity index (χ3n) is 5.07. The standard InChI is InChI=1S/C20H22N4O2S/c1-2-5-15-12-21-19-22-20(23-24(19)16(15)6-3-1)27-13-14-7-8-17-18(11-14)26-10-4-9-25-17/h7-8,11-12H,1-6,9-10,13H2. The molecule has 7 heteroatoms. The van der Waals surface area contributed by atoms with E-state index in [4.69, 9.17) is 14.6 Å². The normalized spacial score (nSPS) is 16.6. The summed E-state index contributed by atoms with van der Waals surface area (Å²) >= 11 is 1.63. The molecule has 0 fully saturated rings. The Labute approximate surface area is 162 Å². The Kier molecular flexibility index (Phi) is 4.61. The molecule has 0 saturated carbocycles. The van der Waals surface area contributed by atoms with Crippen LogP contribution in [-0.4, -0.2) is 32.8 Å². The van der Waals surface area contributed by atoms with Crippen molar-refractivity contribution in [3.05, 3.63) is 41.2 Å². The van der Waals surface area contributed by atoms with Crippen LogP contribution in [-0.2, 0) is 18.6 Å². The zero-order valence-electron chi connectivity index (χ0n) is 15.2. The first-order valence-electron chi connectivity index (χ1n) is 9.62. The van der Waals surface area contributed by atoms with Crippen LogP contribution in [0.25, 0.3) is 5.78 Å². The molecule has 2 aromatic heterocycles. The van der Waals surface area contributed by atoms with Gasteiger partial charge in [-0.15, -0.1) is 5.10 Å². The van der Waals surface area contributed by atoms with Crippen molar-refractivity contribution in [1.29, 1.82) is 0 Å². The highest BCUT2D eigenvalue weighted by Gasteiger charge is 2.16. The van der Waals surface area contributed by atoms with Gasteiger partial charge in [-0.3, -0.25) is 0 Å². The van der Waals surface area contributed by atoms with Crippen LogP contribution in [0.15, 0.2) is 29.6 Å². The van der Waals surface area contributed by atoms with Crippen LogP contribution in [0.4, 0.5) is 0 Å². The summed E-state index contributed by atoms with van der Waals surface area (Å²) in [7, 11) is 0. The van der Waals surface area contributed by atoms with Gasteiger partial charge in [0.25, 0.3) is 5.78 Å². The fraction of sp³-hybridized carbons (Fsp3) is 0.450. The number of thioether (sulfide) groups is 1. The molecule has 3 heterocycles. The van der Waals surface area contributed by atoms with Gasteiger partial charge in [0.05, 0.1) is 18.9 Å². The highest BCUT2D eigenvalue weighted by molar-refractivity contribution is 7.98. The topological polar surface area (TPSA) is 61.5 Å². The molecule has 2 aliphatic rings. The fourth-order valence-corrected chi connectivity index (χ4v) is 4.42. The zero-order chi connectivity index (χ0) is 18.1. The van der Waals surface area contributed by atoms with Gasteiger partial charge in [0.15, 0.2) is 11.5 Å². The summed E-state index contributed by atoms with van der Waals surface area (Å²) in [6, 6.07) is 6.14. The maximum absolute atomic E-state index is 5.78. The Balaban J connectivity index is 1.36. The minimum atomic E-state index is 0.703. The van der Waals surface area contributed by atoms with Crippen LogP contribution in [0.3, 0.4) is 0 Å². The van der Waals surface area contributed by atoms with Crippen molar-refractivity contribution in [2.75, 3.05) is 13.2 Å². The molecule has 0 unspecified atom stereocenters. The van der Waals surface area contributed by atoms with E-state index in [0.29, 0.717) is 19.0 Å². The van der Waals surface area contributed by atoms with E-state index in [1.54, 1.807) is 11.8 Å². The molecule has 0 atom stereocenters. The first-order valence-corrected chi connectivity index (χ1v) is 10.6. The summed E-state index contributed by atoms with van der Waals surface area (Å²) in [4.78, 5) is 9.14. The van der Waals surface area contributed by atoms with Gasteiger partial charge in [0.1, 0.15) is 0 Å². The average Bonchev–Trinajstić information content (AvgIpc) is 2.86. The lowest BCUT2D eigenvalue weighted by atomic mass is 10.1. The second-order valence-corrected chi connectivity index (χ2v) is 7.96. The molecule has 1 aliphatic carbocycles. The maximum atomic E-state index is 5.78. The van der Waals surface area contributed by atoms with Crippen molar-refractivity contribution < 1.29 is 9.47 Å². The van der Waals surface area contributed by atoms with Crippen molar-refractivity contribution in [2.24, 2.45) is 0 Å². The summed E-state index contributed by atoms with van der Waals surface area (Å²) in [6.07, 6.45) is 8.79. The second kappa shape index (κ2) is 7.38. The first kappa shape index (κ1) is 16.9. The van der Waals surface area contributed by atoms with Crippen LogP contribution >= 0.6 is 11.8 Å². The lowest BCUT2D eigenvalue weighted by molar-refractivity contribution is 0.297. The number of aromatic nitrogens is 4. The lowest BCUT2D eigenvalue weighted by Gasteiger charge is -2.08. The van der Waals surface area contributed by atoms with Crippen LogP contribution in [0.2, 0.25) is 0 Å². The third-order valence-corrected chi connectivity index (χ3v) is 5.98. The van der Waals surface area contributed by atoms with Crippen LogP contribution in [0.5, 0.6) is 11.5 Å². The summed E-state index contributed by atoms with van der Waals surface area (Å²) in [5.74, 6) is 3.16. The Morgan fingerprint density at radius 1 is 1.00 bits per heavy atom. The lowest BCUT2D eigenvalue weighted by Crippen LogP contribution is -2.04. The molecule has 5 rings (SSSR count). The van der Waals surface area contributed by atoms with E-state index in [0.717, 1.165) is 41.7 Å².